The first-order chi connectivity index (χ1) is 7.97. The number of carboxylic acid groups (broad SMARTS) is 1. The van der Waals surface area contributed by atoms with Gasteiger partial charge in [0.05, 0.1) is 5.92 Å². The van der Waals surface area contributed by atoms with E-state index in [9.17, 15) is 9.59 Å². The quantitative estimate of drug-likeness (QED) is 0.654. The predicted octanol–water partition coefficient (Wildman–Crippen LogP) is 0.457. The lowest BCUT2D eigenvalue weighted by Gasteiger charge is -2.23. The number of rotatable bonds is 5. The largest absolute Gasteiger partial charge is 0.480 e. The number of nitrogens with one attached hydrogen (secondary N) is 2. The van der Waals surface area contributed by atoms with Gasteiger partial charge < -0.3 is 15.7 Å². The third-order valence-corrected chi connectivity index (χ3v) is 3.63. The molecule has 4 unspecified atom stereocenters. The Kier molecular flexibility index (Phi) is 4.93. The SMILES string of the molecule is CCC(C)C(NC(=O)C1CNCC1C)C(=O)O. The molecule has 3 N–H and O–H groups in total. The average molecular weight is 242 g/mol. The van der Waals surface area contributed by atoms with Crippen LogP contribution in [-0.4, -0.2) is 36.1 Å². The van der Waals surface area contributed by atoms with E-state index in [1.807, 2.05) is 20.8 Å². The lowest BCUT2D eigenvalue weighted by Crippen LogP contribution is -2.48. The van der Waals surface area contributed by atoms with Crippen LogP contribution in [0.2, 0.25) is 0 Å². The van der Waals surface area contributed by atoms with E-state index in [1.54, 1.807) is 0 Å². The van der Waals surface area contributed by atoms with Crippen molar-refractivity contribution in [2.75, 3.05) is 13.1 Å². The van der Waals surface area contributed by atoms with Crippen molar-refractivity contribution in [2.45, 2.75) is 33.2 Å². The number of hydrogen-bond donors (Lipinski definition) is 3. The van der Waals surface area contributed by atoms with Crippen LogP contribution in [0.1, 0.15) is 27.2 Å². The molecule has 4 atom stereocenters. The van der Waals surface area contributed by atoms with Crippen molar-refractivity contribution < 1.29 is 14.7 Å². The molecule has 1 saturated heterocycles. The number of hydrogen-bond acceptors (Lipinski definition) is 3. The molecule has 1 amide bonds. The number of aliphatic carboxylic acids is 1. The lowest BCUT2D eigenvalue weighted by molar-refractivity contribution is -0.144. The molecule has 0 aromatic rings. The maximum Gasteiger partial charge on any atom is 0.326 e. The van der Waals surface area contributed by atoms with Gasteiger partial charge in [-0.1, -0.05) is 27.2 Å². The number of carboxylic acids is 1. The Balaban J connectivity index is 2.61. The Morgan fingerprint density at radius 1 is 1.47 bits per heavy atom. The topological polar surface area (TPSA) is 78.4 Å². The fourth-order valence-corrected chi connectivity index (χ4v) is 2.10. The summed E-state index contributed by atoms with van der Waals surface area (Å²) in [6.45, 7) is 7.23. The molecule has 0 bridgehead atoms. The molecule has 0 radical (unpaired) electrons. The predicted molar refractivity (Wildman–Crippen MR) is 64.5 cm³/mol. The molecule has 0 saturated carbocycles. The van der Waals surface area contributed by atoms with E-state index in [2.05, 4.69) is 10.6 Å². The van der Waals surface area contributed by atoms with E-state index >= 15 is 0 Å². The zero-order valence-corrected chi connectivity index (χ0v) is 10.7. The number of carbonyl (C=O) groups is 2. The molecule has 0 aromatic carbocycles. The fraction of sp³-hybridized carbons (Fsp3) is 0.833. The smallest absolute Gasteiger partial charge is 0.326 e. The second-order valence-electron chi connectivity index (χ2n) is 4.95. The van der Waals surface area contributed by atoms with E-state index < -0.39 is 12.0 Å². The van der Waals surface area contributed by atoms with E-state index in [4.69, 9.17) is 5.11 Å². The Hall–Kier alpha value is -1.10. The molecule has 1 fully saturated rings. The van der Waals surface area contributed by atoms with E-state index in [-0.39, 0.29) is 23.7 Å². The third-order valence-electron chi connectivity index (χ3n) is 3.63. The first-order valence-electron chi connectivity index (χ1n) is 6.21. The maximum atomic E-state index is 12.0. The van der Waals surface area contributed by atoms with Gasteiger partial charge >= 0.3 is 5.97 Å². The first-order valence-corrected chi connectivity index (χ1v) is 6.21. The molecular formula is C12H22N2O3. The standard InChI is InChI=1S/C12H22N2O3/c1-4-7(2)10(12(16)17)14-11(15)9-6-13-5-8(9)3/h7-10,13H,4-6H2,1-3H3,(H,14,15)(H,16,17). The van der Waals surface area contributed by atoms with Gasteiger partial charge in [-0.15, -0.1) is 0 Å². The summed E-state index contributed by atoms with van der Waals surface area (Å²) in [5.41, 5.74) is 0. The minimum absolute atomic E-state index is 0.0545. The zero-order chi connectivity index (χ0) is 13.0. The van der Waals surface area contributed by atoms with Crippen molar-refractivity contribution in [3.05, 3.63) is 0 Å². The maximum absolute atomic E-state index is 12.0. The summed E-state index contributed by atoms with van der Waals surface area (Å²) in [4.78, 5) is 23.1. The summed E-state index contributed by atoms with van der Waals surface area (Å²) in [7, 11) is 0. The van der Waals surface area contributed by atoms with Crippen LogP contribution < -0.4 is 10.6 Å². The Morgan fingerprint density at radius 3 is 2.53 bits per heavy atom. The van der Waals surface area contributed by atoms with Gasteiger partial charge in [0.15, 0.2) is 0 Å². The highest BCUT2D eigenvalue weighted by atomic mass is 16.4. The molecule has 1 aliphatic rings. The fourth-order valence-electron chi connectivity index (χ4n) is 2.10. The van der Waals surface area contributed by atoms with Crippen LogP contribution in [0.25, 0.3) is 0 Å². The first kappa shape index (κ1) is 14.0. The number of amides is 1. The summed E-state index contributed by atoms with van der Waals surface area (Å²) in [6, 6.07) is -0.778. The van der Waals surface area contributed by atoms with Gasteiger partial charge in [0.1, 0.15) is 6.04 Å². The minimum Gasteiger partial charge on any atom is -0.480 e. The van der Waals surface area contributed by atoms with Crippen molar-refractivity contribution >= 4 is 11.9 Å². The lowest BCUT2D eigenvalue weighted by atomic mass is 9.94. The van der Waals surface area contributed by atoms with Crippen LogP contribution in [0.5, 0.6) is 0 Å². The van der Waals surface area contributed by atoms with E-state index in [0.29, 0.717) is 6.54 Å². The van der Waals surface area contributed by atoms with Crippen LogP contribution in [-0.2, 0) is 9.59 Å². The van der Waals surface area contributed by atoms with E-state index in [0.717, 1.165) is 13.0 Å². The molecule has 5 heteroatoms. The highest BCUT2D eigenvalue weighted by Crippen LogP contribution is 2.17. The average Bonchev–Trinajstić information content (AvgIpc) is 2.70. The molecular weight excluding hydrogens is 220 g/mol. The Labute approximate surface area is 102 Å². The van der Waals surface area contributed by atoms with E-state index in [1.165, 1.54) is 0 Å². The summed E-state index contributed by atoms with van der Waals surface area (Å²) < 4.78 is 0. The monoisotopic (exact) mass is 242 g/mol. The molecule has 98 valence electrons. The highest BCUT2D eigenvalue weighted by molar-refractivity contribution is 5.85. The summed E-state index contributed by atoms with van der Waals surface area (Å²) in [5.74, 6) is -0.995. The summed E-state index contributed by atoms with van der Waals surface area (Å²) in [6.07, 6.45) is 0.732. The van der Waals surface area contributed by atoms with Crippen LogP contribution in [0, 0.1) is 17.8 Å². The van der Waals surface area contributed by atoms with Crippen LogP contribution in [0.15, 0.2) is 0 Å². The van der Waals surface area contributed by atoms with Crippen molar-refractivity contribution in [2.24, 2.45) is 17.8 Å². The molecule has 1 aliphatic heterocycles. The van der Waals surface area contributed by atoms with Gasteiger partial charge in [-0.2, -0.15) is 0 Å². The minimum atomic E-state index is -0.952. The molecule has 1 rings (SSSR count). The highest BCUT2D eigenvalue weighted by Gasteiger charge is 2.33. The van der Waals surface area contributed by atoms with Crippen molar-refractivity contribution in [1.82, 2.24) is 10.6 Å². The second-order valence-corrected chi connectivity index (χ2v) is 4.95. The normalized spacial score (nSPS) is 27.5. The molecule has 0 aliphatic carbocycles. The van der Waals surface area contributed by atoms with Gasteiger partial charge in [-0.05, 0) is 18.4 Å². The molecule has 1 heterocycles. The van der Waals surface area contributed by atoms with Crippen molar-refractivity contribution in [3.63, 3.8) is 0 Å². The molecule has 0 spiro atoms. The number of carbonyl (C=O) groups excluding carboxylic acids is 1. The van der Waals surface area contributed by atoms with Crippen molar-refractivity contribution in [3.8, 4) is 0 Å². The van der Waals surface area contributed by atoms with Crippen LogP contribution in [0.4, 0.5) is 0 Å². The van der Waals surface area contributed by atoms with Gasteiger partial charge in [0, 0.05) is 6.54 Å². The van der Waals surface area contributed by atoms with Crippen molar-refractivity contribution in [1.29, 1.82) is 0 Å². The van der Waals surface area contributed by atoms with Gasteiger partial charge in [-0.25, -0.2) is 4.79 Å². The van der Waals surface area contributed by atoms with Gasteiger partial charge in [-0.3, -0.25) is 4.79 Å². The summed E-state index contributed by atoms with van der Waals surface area (Å²) >= 11 is 0. The third kappa shape index (κ3) is 3.43. The van der Waals surface area contributed by atoms with Crippen LogP contribution in [0.3, 0.4) is 0 Å². The summed E-state index contributed by atoms with van der Waals surface area (Å²) in [5, 5.41) is 14.9. The Morgan fingerprint density at radius 2 is 2.12 bits per heavy atom. The second kappa shape index (κ2) is 6.00. The zero-order valence-electron chi connectivity index (χ0n) is 10.7. The molecule has 17 heavy (non-hydrogen) atoms. The molecule has 0 aromatic heterocycles. The Bertz CT molecular complexity index is 293. The molecule has 5 nitrogen and oxygen atoms in total. The van der Waals surface area contributed by atoms with Crippen LogP contribution >= 0.6 is 0 Å². The van der Waals surface area contributed by atoms with Gasteiger partial charge in [0.25, 0.3) is 0 Å². The van der Waals surface area contributed by atoms with Gasteiger partial charge in [0.2, 0.25) is 5.91 Å².